The van der Waals surface area contributed by atoms with Gasteiger partial charge in [0.25, 0.3) is 11.7 Å². The van der Waals surface area contributed by atoms with Gasteiger partial charge < -0.3 is 5.11 Å². The molecule has 0 bridgehead atoms. The largest absolute Gasteiger partial charge is 0.507 e. The Labute approximate surface area is 191 Å². The van der Waals surface area contributed by atoms with Crippen LogP contribution in [0, 0.1) is 13.8 Å². The van der Waals surface area contributed by atoms with E-state index in [0.717, 1.165) is 21.9 Å². The Morgan fingerprint density at radius 2 is 1.61 bits per heavy atom. The highest BCUT2D eigenvalue weighted by molar-refractivity contribution is 6.52. The van der Waals surface area contributed by atoms with Crippen LogP contribution in [-0.2, 0) is 9.59 Å². The molecule has 5 rings (SSSR count). The first-order chi connectivity index (χ1) is 16.0. The summed E-state index contributed by atoms with van der Waals surface area (Å²) in [6.07, 6.45) is 1.62. The molecule has 1 saturated heterocycles. The Morgan fingerprint density at radius 1 is 0.879 bits per heavy atom. The highest BCUT2D eigenvalue weighted by Gasteiger charge is 2.48. The fourth-order valence-corrected chi connectivity index (χ4v) is 4.47. The molecule has 0 spiro atoms. The zero-order valence-corrected chi connectivity index (χ0v) is 18.3. The van der Waals surface area contributed by atoms with E-state index in [0.29, 0.717) is 16.9 Å². The van der Waals surface area contributed by atoms with E-state index in [1.54, 1.807) is 24.4 Å². The van der Waals surface area contributed by atoms with Crippen molar-refractivity contribution in [2.75, 3.05) is 4.90 Å². The van der Waals surface area contributed by atoms with E-state index >= 15 is 0 Å². The van der Waals surface area contributed by atoms with Crippen LogP contribution in [0.1, 0.15) is 28.4 Å². The van der Waals surface area contributed by atoms with Crippen LogP contribution in [0.5, 0.6) is 0 Å². The van der Waals surface area contributed by atoms with Gasteiger partial charge in [0.15, 0.2) is 0 Å². The van der Waals surface area contributed by atoms with Gasteiger partial charge in [0.2, 0.25) is 0 Å². The molecule has 0 radical (unpaired) electrons. The summed E-state index contributed by atoms with van der Waals surface area (Å²) in [7, 11) is 0. The summed E-state index contributed by atoms with van der Waals surface area (Å²) >= 11 is 0. The van der Waals surface area contributed by atoms with Gasteiger partial charge in [0.05, 0.1) is 11.3 Å². The van der Waals surface area contributed by atoms with Crippen LogP contribution in [-0.4, -0.2) is 21.8 Å². The molecular formula is C28H22N2O3. The summed E-state index contributed by atoms with van der Waals surface area (Å²) in [6, 6.07) is 23.3. The van der Waals surface area contributed by atoms with Gasteiger partial charge in [0.1, 0.15) is 11.8 Å². The van der Waals surface area contributed by atoms with Gasteiger partial charge >= 0.3 is 0 Å². The first-order valence-corrected chi connectivity index (χ1v) is 10.8. The summed E-state index contributed by atoms with van der Waals surface area (Å²) in [5.41, 5.74) is 3.58. The van der Waals surface area contributed by atoms with E-state index in [-0.39, 0.29) is 11.3 Å². The first-order valence-electron chi connectivity index (χ1n) is 10.8. The third-order valence-electron chi connectivity index (χ3n) is 6.29. The van der Waals surface area contributed by atoms with Crippen LogP contribution in [0.25, 0.3) is 16.5 Å². The molecule has 1 aromatic heterocycles. The number of carbonyl (C=O) groups excluding carboxylic acids is 2. The number of hydrogen-bond donors (Lipinski definition) is 1. The van der Waals surface area contributed by atoms with Gasteiger partial charge in [-0.15, -0.1) is 0 Å². The van der Waals surface area contributed by atoms with Crippen molar-refractivity contribution in [3.63, 3.8) is 0 Å². The second-order valence-corrected chi connectivity index (χ2v) is 8.17. The maximum Gasteiger partial charge on any atom is 0.300 e. The predicted molar refractivity (Wildman–Crippen MR) is 129 cm³/mol. The van der Waals surface area contributed by atoms with Gasteiger partial charge in [-0.1, -0.05) is 60.7 Å². The number of aliphatic hydroxyl groups excluding tert-OH is 1. The molecule has 1 aliphatic heterocycles. The number of nitrogens with zero attached hydrogens (tertiary/aromatic N) is 2. The minimum Gasteiger partial charge on any atom is -0.507 e. The summed E-state index contributed by atoms with van der Waals surface area (Å²) in [4.78, 5) is 32.7. The summed E-state index contributed by atoms with van der Waals surface area (Å²) in [5, 5.41) is 13.2. The third kappa shape index (κ3) is 3.29. The Bertz CT molecular complexity index is 1440. The highest BCUT2D eigenvalue weighted by atomic mass is 16.3. The Kier molecular flexibility index (Phi) is 5.02. The van der Waals surface area contributed by atoms with Crippen molar-refractivity contribution in [2.45, 2.75) is 19.9 Å². The molecule has 1 N–H and O–H groups in total. The van der Waals surface area contributed by atoms with Gasteiger partial charge in [-0.05, 0) is 53.9 Å². The number of aryl methyl sites for hydroxylation is 1. The first kappa shape index (κ1) is 20.6. The molecule has 0 saturated carbocycles. The van der Waals surface area contributed by atoms with Gasteiger partial charge in [0, 0.05) is 17.4 Å². The van der Waals surface area contributed by atoms with Crippen molar-refractivity contribution in [1.29, 1.82) is 0 Å². The predicted octanol–water partition coefficient (Wildman–Crippen LogP) is 5.48. The normalized spacial score (nSPS) is 17.6. The number of pyridine rings is 1. The average molecular weight is 434 g/mol. The summed E-state index contributed by atoms with van der Waals surface area (Å²) < 4.78 is 0. The fourth-order valence-electron chi connectivity index (χ4n) is 4.47. The van der Waals surface area contributed by atoms with Gasteiger partial charge in [-0.2, -0.15) is 0 Å². The summed E-state index contributed by atoms with van der Waals surface area (Å²) in [6.45, 7) is 3.88. The van der Waals surface area contributed by atoms with E-state index in [1.807, 2.05) is 74.5 Å². The maximum absolute atomic E-state index is 13.4. The summed E-state index contributed by atoms with van der Waals surface area (Å²) in [5.74, 6) is -1.60. The van der Waals surface area contributed by atoms with Crippen molar-refractivity contribution in [2.24, 2.45) is 0 Å². The number of carbonyl (C=O) groups is 2. The van der Waals surface area contributed by atoms with Crippen molar-refractivity contribution in [3.05, 3.63) is 113 Å². The second-order valence-electron chi connectivity index (χ2n) is 8.17. The number of benzene rings is 3. The number of anilines is 1. The van der Waals surface area contributed by atoms with Crippen molar-refractivity contribution in [3.8, 4) is 0 Å². The SMILES string of the molecule is Cc1cccc(N2C(=O)C(=O)/C(=C(\O)c3cccc4ccccc34)C2c2ccccn2)c1C. The smallest absolute Gasteiger partial charge is 0.300 e. The Morgan fingerprint density at radius 3 is 2.39 bits per heavy atom. The van der Waals surface area contributed by atoms with E-state index in [4.69, 9.17) is 0 Å². The Balaban J connectivity index is 1.80. The molecular weight excluding hydrogens is 412 g/mol. The van der Waals surface area contributed by atoms with Crippen molar-refractivity contribution in [1.82, 2.24) is 4.98 Å². The van der Waals surface area contributed by atoms with Crippen LogP contribution in [0.15, 0.2) is 90.6 Å². The topological polar surface area (TPSA) is 70.5 Å². The molecule has 5 heteroatoms. The van der Waals surface area contributed by atoms with Crippen molar-refractivity contribution < 1.29 is 14.7 Å². The minimum absolute atomic E-state index is 0.0379. The second kappa shape index (κ2) is 8.02. The van der Waals surface area contributed by atoms with Gasteiger partial charge in [-0.3, -0.25) is 19.5 Å². The number of aromatic nitrogens is 1. The molecule has 1 unspecified atom stereocenters. The molecule has 2 heterocycles. The zero-order valence-electron chi connectivity index (χ0n) is 18.3. The lowest BCUT2D eigenvalue weighted by molar-refractivity contribution is -0.132. The molecule has 1 atom stereocenters. The van der Waals surface area contributed by atoms with Crippen LogP contribution in [0.3, 0.4) is 0 Å². The molecule has 3 aromatic carbocycles. The molecule has 162 valence electrons. The number of amides is 1. The van der Waals surface area contributed by atoms with Crippen LogP contribution >= 0.6 is 0 Å². The molecule has 5 nitrogen and oxygen atoms in total. The third-order valence-corrected chi connectivity index (χ3v) is 6.29. The zero-order chi connectivity index (χ0) is 23.1. The quantitative estimate of drug-likeness (QED) is 0.263. The van der Waals surface area contributed by atoms with E-state index in [2.05, 4.69) is 4.98 Å². The monoisotopic (exact) mass is 434 g/mol. The molecule has 0 aliphatic carbocycles. The maximum atomic E-state index is 13.4. The lowest BCUT2D eigenvalue weighted by atomic mass is 9.95. The van der Waals surface area contributed by atoms with E-state index in [9.17, 15) is 14.7 Å². The molecule has 1 fully saturated rings. The van der Waals surface area contributed by atoms with Crippen molar-refractivity contribution >= 4 is 33.9 Å². The minimum atomic E-state index is -0.842. The number of fused-ring (bicyclic) bond motifs is 1. The molecule has 1 amide bonds. The number of rotatable bonds is 3. The molecule has 33 heavy (non-hydrogen) atoms. The number of aliphatic hydroxyl groups is 1. The lowest BCUT2D eigenvalue weighted by Gasteiger charge is -2.26. The number of ketones is 1. The average Bonchev–Trinajstić information content (AvgIpc) is 3.11. The molecule has 4 aromatic rings. The van der Waals surface area contributed by atoms with Crippen LogP contribution < -0.4 is 4.90 Å². The lowest BCUT2D eigenvalue weighted by Crippen LogP contribution is -2.30. The highest BCUT2D eigenvalue weighted by Crippen LogP contribution is 2.43. The van der Waals surface area contributed by atoms with E-state index < -0.39 is 17.7 Å². The van der Waals surface area contributed by atoms with Crippen LogP contribution in [0.4, 0.5) is 5.69 Å². The van der Waals surface area contributed by atoms with Gasteiger partial charge in [-0.25, -0.2) is 0 Å². The number of Topliss-reactive ketones (excluding diaryl/α,β-unsaturated/α-hetero) is 1. The fraction of sp³-hybridized carbons (Fsp3) is 0.107. The number of hydrogen-bond acceptors (Lipinski definition) is 4. The molecule has 1 aliphatic rings. The Hall–Kier alpha value is -4.25. The van der Waals surface area contributed by atoms with E-state index in [1.165, 1.54) is 4.90 Å². The standard InChI is InChI=1S/C28H22N2O3/c1-17-9-7-15-23(18(17)2)30-25(22-14-5-6-16-29-22)24(27(32)28(30)33)26(31)21-13-8-11-19-10-3-4-12-20(19)21/h3-16,25,31H,1-2H3/b26-24-. The van der Waals surface area contributed by atoms with Crippen LogP contribution in [0.2, 0.25) is 0 Å².